The number of aliphatic carboxylic acids is 1. The normalized spacial score (nSPS) is 17.7. The fraction of sp³-hybridized carbons (Fsp3) is 0.296. The number of halogens is 4. The summed E-state index contributed by atoms with van der Waals surface area (Å²) in [4.78, 5) is 13.9. The van der Waals surface area contributed by atoms with Crippen LogP contribution in [0.3, 0.4) is 0 Å². The van der Waals surface area contributed by atoms with Crippen molar-refractivity contribution in [2.24, 2.45) is 0 Å². The summed E-state index contributed by atoms with van der Waals surface area (Å²) in [5.41, 5.74) is 0.856. The first-order valence-corrected chi connectivity index (χ1v) is 11.7. The Morgan fingerprint density at radius 1 is 1.03 bits per heavy atom. The van der Waals surface area contributed by atoms with Crippen molar-refractivity contribution in [2.45, 2.75) is 44.1 Å². The van der Waals surface area contributed by atoms with Crippen LogP contribution in [0.4, 0.5) is 13.2 Å². The Kier molecular flexibility index (Phi) is 7.67. The molecule has 1 aliphatic heterocycles. The quantitative estimate of drug-likeness (QED) is 0.378. The van der Waals surface area contributed by atoms with Gasteiger partial charge in [0.25, 0.3) is 0 Å². The summed E-state index contributed by atoms with van der Waals surface area (Å²) in [6, 6.07) is 18.0. The van der Waals surface area contributed by atoms with Crippen molar-refractivity contribution in [1.82, 2.24) is 4.90 Å². The number of rotatable bonds is 7. The van der Waals surface area contributed by atoms with Crippen molar-refractivity contribution < 1.29 is 27.8 Å². The van der Waals surface area contributed by atoms with Gasteiger partial charge in [-0.15, -0.1) is 0 Å². The number of carboxylic acids is 1. The minimum atomic E-state index is -4.57. The molecule has 2 unspecified atom stereocenters. The van der Waals surface area contributed by atoms with E-state index in [-0.39, 0.29) is 17.2 Å². The number of hydrogen-bond donors (Lipinski definition) is 1. The number of carbonyl (C=O) groups is 1. The number of para-hydroxylation sites is 1. The molecule has 4 nitrogen and oxygen atoms in total. The summed E-state index contributed by atoms with van der Waals surface area (Å²) in [6.07, 6.45) is -2.72. The molecule has 0 saturated carbocycles. The van der Waals surface area contributed by atoms with Gasteiger partial charge in [0.15, 0.2) is 0 Å². The van der Waals surface area contributed by atoms with Crippen LogP contribution in [0.2, 0.25) is 5.02 Å². The predicted molar refractivity (Wildman–Crippen MR) is 127 cm³/mol. The lowest BCUT2D eigenvalue weighted by molar-refractivity contribution is -0.145. The Bertz CT molecular complexity index is 1170. The third kappa shape index (κ3) is 5.80. The van der Waals surface area contributed by atoms with Gasteiger partial charge < -0.3 is 9.84 Å². The molecule has 35 heavy (non-hydrogen) atoms. The van der Waals surface area contributed by atoms with Crippen LogP contribution in [0.15, 0.2) is 72.8 Å². The van der Waals surface area contributed by atoms with Crippen molar-refractivity contribution >= 4 is 17.6 Å². The lowest BCUT2D eigenvalue weighted by Gasteiger charge is -2.40. The van der Waals surface area contributed by atoms with E-state index >= 15 is 0 Å². The molecule has 0 aromatic heterocycles. The predicted octanol–water partition coefficient (Wildman–Crippen LogP) is 6.97. The lowest BCUT2D eigenvalue weighted by atomic mass is 9.90. The smallest absolute Gasteiger partial charge is 0.416 e. The third-order valence-corrected chi connectivity index (χ3v) is 6.57. The Labute approximate surface area is 206 Å². The SMILES string of the molecule is O=C(O)C1CCCCN1C(c1cc(C(F)(F)F)ccc1Cl)c1ccccc1OCc1ccccc1. The first kappa shape index (κ1) is 25.1. The largest absolute Gasteiger partial charge is 0.489 e. The van der Waals surface area contributed by atoms with E-state index in [2.05, 4.69) is 0 Å². The van der Waals surface area contributed by atoms with Crippen LogP contribution < -0.4 is 4.74 Å². The summed E-state index contributed by atoms with van der Waals surface area (Å²) in [6.45, 7) is 0.657. The van der Waals surface area contributed by atoms with Crippen LogP contribution in [0.1, 0.15) is 47.6 Å². The monoisotopic (exact) mass is 503 g/mol. The third-order valence-electron chi connectivity index (χ3n) is 6.23. The van der Waals surface area contributed by atoms with Crippen LogP contribution in [0, 0.1) is 0 Å². The van der Waals surface area contributed by atoms with E-state index in [9.17, 15) is 23.1 Å². The molecule has 0 amide bonds. The van der Waals surface area contributed by atoms with Crippen LogP contribution in [-0.4, -0.2) is 28.6 Å². The number of benzene rings is 3. The second kappa shape index (κ2) is 10.7. The van der Waals surface area contributed by atoms with E-state index in [0.717, 1.165) is 30.5 Å². The van der Waals surface area contributed by atoms with Gasteiger partial charge in [0.05, 0.1) is 11.6 Å². The molecular weight excluding hydrogens is 479 g/mol. The first-order chi connectivity index (χ1) is 16.8. The van der Waals surface area contributed by atoms with Gasteiger partial charge in [0, 0.05) is 10.6 Å². The molecule has 0 radical (unpaired) electrons. The lowest BCUT2D eigenvalue weighted by Crippen LogP contribution is -2.47. The molecule has 184 valence electrons. The first-order valence-electron chi connectivity index (χ1n) is 11.4. The number of carboxylic acid groups (broad SMARTS) is 1. The fourth-order valence-corrected chi connectivity index (χ4v) is 4.78. The van der Waals surface area contributed by atoms with Crippen molar-refractivity contribution in [3.05, 3.63) is 100 Å². The summed E-state index contributed by atoms with van der Waals surface area (Å²) < 4.78 is 47.0. The molecule has 2 atom stereocenters. The van der Waals surface area contributed by atoms with Crippen LogP contribution in [-0.2, 0) is 17.6 Å². The molecule has 3 aromatic rings. The van der Waals surface area contributed by atoms with E-state index in [1.807, 2.05) is 30.3 Å². The standard InChI is InChI=1S/C27H25ClF3NO3/c28-22-14-13-19(27(29,30)31)16-21(22)25(32-15-7-6-11-23(32)26(33)34)20-10-4-5-12-24(20)35-17-18-8-2-1-3-9-18/h1-5,8-10,12-14,16,23,25H,6-7,11,15,17H2,(H,33,34). The van der Waals surface area contributed by atoms with Gasteiger partial charge in [-0.3, -0.25) is 9.69 Å². The van der Waals surface area contributed by atoms with Crippen molar-refractivity contribution in [3.8, 4) is 5.75 Å². The molecule has 1 heterocycles. The van der Waals surface area contributed by atoms with Gasteiger partial charge in [0.1, 0.15) is 18.4 Å². The Balaban J connectivity index is 1.83. The number of likely N-dealkylation sites (tertiary alicyclic amines) is 1. The zero-order valence-corrected chi connectivity index (χ0v) is 19.6. The van der Waals surface area contributed by atoms with Gasteiger partial charge in [-0.05, 0) is 54.8 Å². The Morgan fingerprint density at radius 3 is 2.46 bits per heavy atom. The topological polar surface area (TPSA) is 49.8 Å². The maximum Gasteiger partial charge on any atom is 0.416 e. The second-order valence-corrected chi connectivity index (χ2v) is 8.94. The zero-order valence-electron chi connectivity index (χ0n) is 18.8. The van der Waals surface area contributed by atoms with Crippen LogP contribution in [0.25, 0.3) is 0 Å². The minimum absolute atomic E-state index is 0.135. The van der Waals surface area contributed by atoms with Gasteiger partial charge in [0.2, 0.25) is 0 Å². The molecule has 1 saturated heterocycles. The number of nitrogens with zero attached hydrogens (tertiary/aromatic N) is 1. The highest BCUT2D eigenvalue weighted by atomic mass is 35.5. The van der Waals surface area contributed by atoms with Crippen molar-refractivity contribution in [1.29, 1.82) is 0 Å². The van der Waals surface area contributed by atoms with Crippen LogP contribution in [0.5, 0.6) is 5.75 Å². The van der Waals surface area contributed by atoms with E-state index in [1.165, 1.54) is 6.07 Å². The molecule has 0 aliphatic carbocycles. The number of ether oxygens (including phenoxy) is 1. The average Bonchev–Trinajstić information content (AvgIpc) is 2.85. The molecule has 1 fully saturated rings. The average molecular weight is 504 g/mol. The summed E-state index contributed by atoms with van der Waals surface area (Å²) in [5.74, 6) is -0.551. The molecule has 0 spiro atoms. The van der Waals surface area contributed by atoms with Gasteiger partial charge >= 0.3 is 12.1 Å². The fourth-order valence-electron chi connectivity index (χ4n) is 4.56. The summed E-state index contributed by atoms with van der Waals surface area (Å²) in [5, 5.41) is 10.1. The number of alkyl halides is 3. The molecule has 3 aromatic carbocycles. The molecule has 0 bridgehead atoms. The summed E-state index contributed by atoms with van der Waals surface area (Å²) in [7, 11) is 0. The van der Waals surface area contributed by atoms with Crippen molar-refractivity contribution in [2.75, 3.05) is 6.54 Å². The van der Waals surface area contributed by atoms with Gasteiger partial charge in [-0.25, -0.2) is 0 Å². The van der Waals surface area contributed by atoms with E-state index in [1.54, 1.807) is 29.2 Å². The van der Waals surface area contributed by atoms with Crippen molar-refractivity contribution in [3.63, 3.8) is 0 Å². The van der Waals surface area contributed by atoms with E-state index < -0.39 is 29.8 Å². The highest BCUT2D eigenvalue weighted by Gasteiger charge is 2.39. The zero-order chi connectivity index (χ0) is 25.0. The number of piperidine rings is 1. The maximum absolute atomic E-state index is 13.6. The second-order valence-electron chi connectivity index (χ2n) is 8.54. The molecule has 1 aliphatic rings. The van der Waals surface area contributed by atoms with E-state index in [0.29, 0.717) is 24.3 Å². The van der Waals surface area contributed by atoms with Gasteiger partial charge in [-0.2, -0.15) is 13.2 Å². The minimum Gasteiger partial charge on any atom is -0.489 e. The van der Waals surface area contributed by atoms with Gasteiger partial charge in [-0.1, -0.05) is 66.6 Å². The van der Waals surface area contributed by atoms with E-state index in [4.69, 9.17) is 16.3 Å². The number of hydrogen-bond acceptors (Lipinski definition) is 3. The highest BCUT2D eigenvalue weighted by molar-refractivity contribution is 6.31. The van der Waals surface area contributed by atoms with Crippen LogP contribution >= 0.6 is 11.6 Å². The molecular formula is C27H25ClF3NO3. The Hall–Kier alpha value is -3.03. The molecule has 4 rings (SSSR count). The highest BCUT2D eigenvalue weighted by Crippen LogP contribution is 2.43. The maximum atomic E-state index is 13.6. The molecule has 1 N–H and O–H groups in total. The summed E-state index contributed by atoms with van der Waals surface area (Å²) >= 11 is 6.48. The molecule has 8 heteroatoms. The Morgan fingerprint density at radius 2 is 1.74 bits per heavy atom.